The molecule has 1 heterocycles. The zero-order valence-electron chi connectivity index (χ0n) is 9.70. The van der Waals surface area contributed by atoms with E-state index in [1.54, 1.807) is 7.11 Å². The van der Waals surface area contributed by atoms with Crippen LogP contribution in [0.2, 0.25) is 5.02 Å². The third-order valence-electron chi connectivity index (χ3n) is 2.75. The maximum atomic E-state index is 11.5. The van der Waals surface area contributed by atoms with Gasteiger partial charge in [-0.3, -0.25) is 4.79 Å². The Morgan fingerprint density at radius 3 is 3.00 bits per heavy atom. The number of ether oxygens (including phenoxy) is 1. The monoisotopic (exact) mass is 254 g/mol. The minimum absolute atomic E-state index is 0.189. The quantitative estimate of drug-likeness (QED) is 0.865. The van der Waals surface area contributed by atoms with Crippen LogP contribution < -0.4 is 15.0 Å². The van der Waals surface area contributed by atoms with Crippen molar-refractivity contribution in [1.29, 1.82) is 0 Å². The van der Waals surface area contributed by atoms with Gasteiger partial charge in [0.15, 0.2) is 5.78 Å². The Bertz CT molecular complexity index is 423. The predicted octanol–water partition coefficient (Wildman–Crippen LogP) is 1.33. The fourth-order valence-corrected chi connectivity index (χ4v) is 2.11. The van der Waals surface area contributed by atoms with Crippen molar-refractivity contribution < 1.29 is 9.53 Å². The average molecular weight is 255 g/mol. The average Bonchev–Trinajstić information content (AvgIpc) is 2.54. The van der Waals surface area contributed by atoms with Crippen molar-refractivity contribution in [3.05, 3.63) is 23.2 Å². The molecule has 92 valence electrons. The van der Waals surface area contributed by atoms with Crippen LogP contribution in [0.4, 0.5) is 5.69 Å². The highest BCUT2D eigenvalue weighted by Gasteiger charge is 2.15. The first-order valence-electron chi connectivity index (χ1n) is 5.51. The first-order valence-corrected chi connectivity index (χ1v) is 5.89. The molecule has 0 aromatic heterocycles. The highest BCUT2D eigenvalue weighted by atomic mass is 35.5. The molecule has 1 saturated heterocycles. The van der Waals surface area contributed by atoms with Gasteiger partial charge in [0.05, 0.1) is 25.2 Å². The molecule has 1 aromatic carbocycles. The summed E-state index contributed by atoms with van der Waals surface area (Å²) in [4.78, 5) is 13.5. The fourth-order valence-electron chi connectivity index (χ4n) is 1.86. The summed E-state index contributed by atoms with van der Waals surface area (Å²) in [6.07, 6.45) is 0. The first-order chi connectivity index (χ1) is 8.20. The Labute approximate surface area is 106 Å². The van der Waals surface area contributed by atoms with E-state index in [4.69, 9.17) is 16.3 Å². The number of methoxy groups -OCH3 is 1. The van der Waals surface area contributed by atoms with Crippen LogP contribution in [-0.2, 0) is 4.79 Å². The zero-order chi connectivity index (χ0) is 12.3. The summed E-state index contributed by atoms with van der Waals surface area (Å²) in [7, 11) is 1.58. The van der Waals surface area contributed by atoms with Crippen molar-refractivity contribution in [2.24, 2.45) is 0 Å². The highest BCUT2D eigenvalue weighted by molar-refractivity contribution is 6.32. The van der Waals surface area contributed by atoms with E-state index in [0.717, 1.165) is 18.8 Å². The molecule has 0 spiro atoms. The number of nitrogens with one attached hydrogen (secondary N) is 1. The second kappa shape index (κ2) is 5.38. The smallest absolute Gasteiger partial charge is 0.165 e. The van der Waals surface area contributed by atoms with Crippen LogP contribution in [0.25, 0.3) is 0 Å². The largest absolute Gasteiger partial charge is 0.495 e. The topological polar surface area (TPSA) is 41.6 Å². The molecule has 0 atom stereocenters. The predicted molar refractivity (Wildman–Crippen MR) is 68.1 cm³/mol. The van der Waals surface area contributed by atoms with Crippen LogP contribution in [-0.4, -0.2) is 39.1 Å². The summed E-state index contributed by atoms with van der Waals surface area (Å²) in [5.74, 6) is 0.837. The molecule has 5 heteroatoms. The van der Waals surface area contributed by atoms with Crippen LogP contribution in [0.1, 0.15) is 0 Å². The van der Waals surface area contributed by atoms with Gasteiger partial charge in [-0.25, -0.2) is 0 Å². The first kappa shape index (κ1) is 12.2. The summed E-state index contributed by atoms with van der Waals surface area (Å²) >= 11 is 6.07. The van der Waals surface area contributed by atoms with E-state index in [-0.39, 0.29) is 5.78 Å². The number of hydrogen-bond acceptors (Lipinski definition) is 4. The summed E-state index contributed by atoms with van der Waals surface area (Å²) in [6, 6.07) is 5.57. The summed E-state index contributed by atoms with van der Waals surface area (Å²) in [5.41, 5.74) is 0.952. The Balaban J connectivity index is 2.20. The summed E-state index contributed by atoms with van der Waals surface area (Å²) in [6.45, 7) is 2.47. The molecule has 4 nitrogen and oxygen atoms in total. The van der Waals surface area contributed by atoms with E-state index in [9.17, 15) is 4.79 Å². The molecule has 1 N–H and O–H groups in total. The Hall–Kier alpha value is -1.26. The van der Waals surface area contributed by atoms with E-state index in [1.807, 2.05) is 23.1 Å². The van der Waals surface area contributed by atoms with E-state index in [1.165, 1.54) is 0 Å². The van der Waals surface area contributed by atoms with Crippen molar-refractivity contribution in [3.8, 4) is 5.75 Å². The van der Waals surface area contributed by atoms with Gasteiger partial charge in [-0.2, -0.15) is 0 Å². The number of carbonyl (C=O) groups is 1. The van der Waals surface area contributed by atoms with Crippen molar-refractivity contribution in [2.75, 3.05) is 38.2 Å². The van der Waals surface area contributed by atoms with Crippen LogP contribution in [0.5, 0.6) is 5.75 Å². The van der Waals surface area contributed by atoms with Gasteiger partial charge in [-0.15, -0.1) is 0 Å². The SMILES string of the molecule is COc1ccc(N2CCNCC(=O)C2)cc1Cl. The van der Waals surface area contributed by atoms with Gasteiger partial charge in [0.25, 0.3) is 0 Å². The molecular formula is C12H15ClN2O2. The standard InChI is InChI=1S/C12H15ClN2O2/c1-17-12-3-2-9(6-11(12)13)15-5-4-14-7-10(16)8-15/h2-3,6,14H,4-5,7-8H2,1H3. The van der Waals surface area contributed by atoms with Crippen molar-refractivity contribution >= 4 is 23.1 Å². The van der Waals surface area contributed by atoms with Crippen molar-refractivity contribution in [3.63, 3.8) is 0 Å². The van der Waals surface area contributed by atoms with E-state index in [0.29, 0.717) is 23.9 Å². The van der Waals surface area contributed by atoms with E-state index >= 15 is 0 Å². The number of carbonyl (C=O) groups excluding carboxylic acids is 1. The molecule has 0 amide bonds. The lowest BCUT2D eigenvalue weighted by atomic mass is 10.2. The number of nitrogens with zero attached hydrogens (tertiary/aromatic N) is 1. The van der Waals surface area contributed by atoms with Crippen LogP contribution in [0.3, 0.4) is 0 Å². The summed E-state index contributed by atoms with van der Waals surface area (Å²) in [5, 5.41) is 3.65. The molecule has 17 heavy (non-hydrogen) atoms. The van der Waals surface area contributed by atoms with Gasteiger partial charge in [0.1, 0.15) is 5.75 Å². The van der Waals surface area contributed by atoms with Gasteiger partial charge < -0.3 is 15.0 Å². The third-order valence-corrected chi connectivity index (χ3v) is 3.04. The molecule has 2 rings (SSSR count). The number of rotatable bonds is 2. The number of ketones is 1. The lowest BCUT2D eigenvalue weighted by Crippen LogP contribution is -2.29. The number of halogens is 1. The number of hydrogen-bond donors (Lipinski definition) is 1. The highest BCUT2D eigenvalue weighted by Crippen LogP contribution is 2.29. The third kappa shape index (κ3) is 2.90. The minimum atomic E-state index is 0.189. The van der Waals surface area contributed by atoms with E-state index < -0.39 is 0 Å². The molecule has 0 radical (unpaired) electrons. The molecule has 0 unspecified atom stereocenters. The number of benzene rings is 1. The maximum Gasteiger partial charge on any atom is 0.165 e. The molecule has 0 saturated carbocycles. The van der Waals surface area contributed by atoms with Crippen LogP contribution in [0, 0.1) is 0 Å². The zero-order valence-corrected chi connectivity index (χ0v) is 10.5. The minimum Gasteiger partial charge on any atom is -0.495 e. The fraction of sp³-hybridized carbons (Fsp3) is 0.417. The molecule has 1 aromatic rings. The Morgan fingerprint density at radius 1 is 1.47 bits per heavy atom. The number of Topliss-reactive ketones (excluding diaryl/α,β-unsaturated/α-hetero) is 1. The number of anilines is 1. The molecule has 0 aliphatic carbocycles. The van der Waals surface area contributed by atoms with Gasteiger partial charge in [0, 0.05) is 18.8 Å². The van der Waals surface area contributed by atoms with E-state index in [2.05, 4.69) is 5.32 Å². The Morgan fingerprint density at radius 2 is 2.29 bits per heavy atom. The molecule has 1 fully saturated rings. The lowest BCUT2D eigenvalue weighted by molar-refractivity contribution is -0.116. The van der Waals surface area contributed by atoms with Gasteiger partial charge in [-0.1, -0.05) is 11.6 Å². The second-order valence-corrected chi connectivity index (χ2v) is 4.36. The van der Waals surface area contributed by atoms with Gasteiger partial charge >= 0.3 is 0 Å². The van der Waals surface area contributed by atoms with Crippen LogP contribution >= 0.6 is 11.6 Å². The molecule has 1 aliphatic heterocycles. The molecular weight excluding hydrogens is 240 g/mol. The van der Waals surface area contributed by atoms with Crippen molar-refractivity contribution in [1.82, 2.24) is 5.32 Å². The normalized spacial score (nSPS) is 16.8. The molecule has 0 bridgehead atoms. The Kier molecular flexibility index (Phi) is 3.86. The maximum absolute atomic E-state index is 11.5. The second-order valence-electron chi connectivity index (χ2n) is 3.96. The van der Waals surface area contributed by atoms with Gasteiger partial charge in [0.2, 0.25) is 0 Å². The van der Waals surface area contributed by atoms with Crippen molar-refractivity contribution in [2.45, 2.75) is 0 Å². The molecule has 1 aliphatic rings. The van der Waals surface area contributed by atoms with Gasteiger partial charge in [-0.05, 0) is 18.2 Å². The lowest BCUT2D eigenvalue weighted by Gasteiger charge is -2.22. The summed E-state index contributed by atoms with van der Waals surface area (Å²) < 4.78 is 5.10. The van der Waals surface area contributed by atoms with Crippen LogP contribution in [0.15, 0.2) is 18.2 Å².